The maximum Gasteiger partial charge on any atom is 0.255 e. The van der Waals surface area contributed by atoms with E-state index in [0.717, 1.165) is 24.2 Å². The number of nitrogens with zero attached hydrogens (tertiary/aromatic N) is 1. The van der Waals surface area contributed by atoms with Gasteiger partial charge in [-0.3, -0.25) is 19.7 Å². The zero-order valence-corrected chi connectivity index (χ0v) is 13.9. The minimum atomic E-state index is -0.846. The lowest BCUT2D eigenvalue weighted by atomic mass is 9.63. The molecule has 3 aliphatic heterocycles. The van der Waals surface area contributed by atoms with Crippen LogP contribution in [0.25, 0.3) is 0 Å². The van der Waals surface area contributed by atoms with Crippen molar-refractivity contribution >= 4 is 17.7 Å². The minimum Gasteiger partial charge on any atom is -0.490 e. The summed E-state index contributed by atoms with van der Waals surface area (Å²) in [5.74, 6) is 0.000248. The van der Waals surface area contributed by atoms with E-state index in [9.17, 15) is 14.4 Å². The van der Waals surface area contributed by atoms with Crippen LogP contribution >= 0.6 is 0 Å². The van der Waals surface area contributed by atoms with Crippen LogP contribution < -0.4 is 10.1 Å². The van der Waals surface area contributed by atoms with E-state index in [1.807, 2.05) is 12.1 Å². The van der Waals surface area contributed by atoms with Crippen molar-refractivity contribution in [3.05, 3.63) is 29.3 Å². The molecule has 6 rings (SSSR count). The number of piperidine rings is 2. The normalized spacial score (nSPS) is 31.0. The van der Waals surface area contributed by atoms with E-state index in [4.69, 9.17) is 4.74 Å². The fraction of sp³-hybridized carbons (Fsp3) is 0.526. The summed E-state index contributed by atoms with van der Waals surface area (Å²) in [5.41, 5.74) is 0.700. The highest BCUT2D eigenvalue weighted by molar-refractivity contribution is 6.10. The Kier molecular flexibility index (Phi) is 3.03. The molecule has 2 saturated heterocycles. The van der Waals surface area contributed by atoms with Gasteiger partial charge in [0.2, 0.25) is 5.91 Å². The van der Waals surface area contributed by atoms with Crippen LogP contribution in [0.3, 0.4) is 0 Å². The number of carbonyl (C=O) groups excluding carboxylic acids is 3. The van der Waals surface area contributed by atoms with Crippen LogP contribution in [0.5, 0.6) is 5.75 Å². The average Bonchev–Trinajstić information content (AvgIpc) is 3.15. The van der Waals surface area contributed by atoms with Gasteiger partial charge in [0, 0.05) is 18.0 Å². The largest absolute Gasteiger partial charge is 0.490 e. The third kappa shape index (κ3) is 2.06. The Morgan fingerprint density at radius 3 is 2.60 bits per heavy atom. The van der Waals surface area contributed by atoms with Crippen molar-refractivity contribution in [1.82, 2.24) is 10.2 Å². The van der Waals surface area contributed by atoms with Crippen molar-refractivity contribution in [2.75, 3.05) is 0 Å². The summed E-state index contributed by atoms with van der Waals surface area (Å²) in [6, 6.07) is 5.59. The van der Waals surface area contributed by atoms with E-state index in [-0.39, 0.29) is 29.7 Å². The monoisotopic (exact) mass is 340 g/mol. The molecule has 2 saturated carbocycles. The molecule has 0 radical (unpaired) electrons. The lowest BCUT2D eigenvalue weighted by Crippen LogP contribution is -2.73. The number of fused-ring (bicyclic) bond motifs is 3. The molecule has 4 fully saturated rings. The van der Waals surface area contributed by atoms with Gasteiger partial charge in [-0.25, -0.2) is 0 Å². The number of hydrogen-bond acceptors (Lipinski definition) is 4. The molecule has 0 aromatic heterocycles. The average molecular weight is 340 g/mol. The van der Waals surface area contributed by atoms with Crippen LogP contribution in [-0.2, 0) is 16.1 Å². The summed E-state index contributed by atoms with van der Waals surface area (Å²) in [7, 11) is 0. The van der Waals surface area contributed by atoms with Gasteiger partial charge < -0.3 is 9.64 Å². The maximum atomic E-state index is 12.8. The lowest BCUT2D eigenvalue weighted by molar-refractivity contribution is -0.160. The Morgan fingerprint density at radius 2 is 1.88 bits per heavy atom. The Hall–Kier alpha value is -2.37. The SMILES string of the molecule is O=C1NC(=O)C2(N3Cc4cc(OC5CCCC5)ccc4C3=O)CC1C2. The molecule has 1 aromatic rings. The predicted octanol–water partition coefficient (Wildman–Crippen LogP) is 1.77. The Balaban J connectivity index is 1.39. The molecular formula is C19H20N2O4. The van der Waals surface area contributed by atoms with E-state index in [1.165, 1.54) is 12.8 Å². The quantitative estimate of drug-likeness (QED) is 0.851. The summed E-state index contributed by atoms with van der Waals surface area (Å²) in [6.45, 7) is 0.407. The molecule has 5 aliphatic rings. The smallest absolute Gasteiger partial charge is 0.255 e. The van der Waals surface area contributed by atoms with Crippen LogP contribution in [-0.4, -0.2) is 34.3 Å². The summed E-state index contributed by atoms with van der Waals surface area (Å²) < 4.78 is 6.03. The first-order valence-electron chi connectivity index (χ1n) is 9.04. The van der Waals surface area contributed by atoms with Crippen LogP contribution in [0.4, 0.5) is 0 Å². The van der Waals surface area contributed by atoms with Gasteiger partial charge in [0.05, 0.1) is 6.10 Å². The second kappa shape index (κ2) is 5.07. The molecule has 1 aromatic carbocycles. The number of carbonyl (C=O) groups is 3. The van der Waals surface area contributed by atoms with Crippen molar-refractivity contribution in [3.8, 4) is 5.75 Å². The van der Waals surface area contributed by atoms with E-state index in [2.05, 4.69) is 5.32 Å². The van der Waals surface area contributed by atoms with Crippen molar-refractivity contribution in [1.29, 1.82) is 0 Å². The van der Waals surface area contributed by atoms with Crippen LogP contribution in [0.2, 0.25) is 0 Å². The summed E-state index contributed by atoms with van der Waals surface area (Å²) in [6.07, 6.45) is 5.75. The van der Waals surface area contributed by atoms with Crippen molar-refractivity contribution in [3.63, 3.8) is 0 Å². The van der Waals surface area contributed by atoms with E-state index in [0.29, 0.717) is 24.9 Å². The number of benzene rings is 1. The van der Waals surface area contributed by atoms with Crippen molar-refractivity contribution < 1.29 is 19.1 Å². The molecule has 6 nitrogen and oxygen atoms in total. The Labute approximate surface area is 145 Å². The molecule has 0 unspecified atom stereocenters. The standard InChI is InChI=1S/C19H20N2O4/c22-16-12-8-19(9-12,18(24)20-16)21-10-11-7-14(5-6-15(11)17(21)23)25-13-3-1-2-4-13/h5-7,12-13H,1-4,8-10H2,(H,20,22,24). The van der Waals surface area contributed by atoms with Gasteiger partial charge in [-0.2, -0.15) is 0 Å². The topological polar surface area (TPSA) is 75.7 Å². The molecule has 25 heavy (non-hydrogen) atoms. The first-order chi connectivity index (χ1) is 12.1. The predicted molar refractivity (Wildman–Crippen MR) is 87.8 cm³/mol. The molecule has 0 atom stereocenters. The zero-order valence-electron chi connectivity index (χ0n) is 13.9. The number of rotatable bonds is 3. The fourth-order valence-corrected chi connectivity index (χ4v) is 4.71. The summed E-state index contributed by atoms with van der Waals surface area (Å²) in [4.78, 5) is 38.5. The highest BCUT2D eigenvalue weighted by Gasteiger charge is 2.62. The molecule has 130 valence electrons. The van der Waals surface area contributed by atoms with Crippen LogP contribution in [0, 0.1) is 5.92 Å². The van der Waals surface area contributed by atoms with Crippen LogP contribution in [0.1, 0.15) is 54.4 Å². The van der Waals surface area contributed by atoms with Gasteiger partial charge in [-0.05, 0) is 62.3 Å². The number of nitrogens with one attached hydrogen (secondary N) is 1. The van der Waals surface area contributed by atoms with Gasteiger partial charge in [-0.1, -0.05) is 0 Å². The molecule has 2 aliphatic carbocycles. The molecule has 3 amide bonds. The van der Waals surface area contributed by atoms with Gasteiger partial charge in [0.15, 0.2) is 0 Å². The highest BCUT2D eigenvalue weighted by atomic mass is 16.5. The molecule has 6 heteroatoms. The summed E-state index contributed by atoms with van der Waals surface area (Å²) in [5, 5.41) is 2.41. The number of ether oxygens (including phenoxy) is 1. The second-order valence-electron chi connectivity index (χ2n) is 7.69. The third-order valence-corrected chi connectivity index (χ3v) is 6.20. The second-order valence-corrected chi connectivity index (χ2v) is 7.69. The number of amides is 3. The minimum absolute atomic E-state index is 0.120. The van der Waals surface area contributed by atoms with Crippen molar-refractivity contribution in [2.45, 2.75) is 56.7 Å². The Bertz CT molecular complexity index is 791. The summed E-state index contributed by atoms with van der Waals surface area (Å²) >= 11 is 0. The molecule has 3 heterocycles. The number of imide groups is 1. The first-order valence-corrected chi connectivity index (χ1v) is 9.04. The van der Waals surface area contributed by atoms with Gasteiger partial charge in [0.1, 0.15) is 11.3 Å². The maximum absolute atomic E-state index is 12.8. The van der Waals surface area contributed by atoms with Gasteiger partial charge in [-0.15, -0.1) is 0 Å². The molecule has 1 N–H and O–H groups in total. The van der Waals surface area contributed by atoms with Crippen molar-refractivity contribution in [2.24, 2.45) is 5.92 Å². The molecule has 0 spiro atoms. The fourth-order valence-electron chi connectivity index (χ4n) is 4.71. The van der Waals surface area contributed by atoms with E-state index >= 15 is 0 Å². The van der Waals surface area contributed by atoms with E-state index in [1.54, 1.807) is 11.0 Å². The zero-order chi connectivity index (χ0) is 17.2. The number of hydrogen-bond donors (Lipinski definition) is 1. The molecule has 2 bridgehead atoms. The molecular weight excluding hydrogens is 320 g/mol. The van der Waals surface area contributed by atoms with Gasteiger partial charge >= 0.3 is 0 Å². The first kappa shape index (κ1) is 14.9. The highest BCUT2D eigenvalue weighted by Crippen LogP contribution is 2.49. The lowest BCUT2D eigenvalue weighted by Gasteiger charge is -2.53. The Morgan fingerprint density at radius 1 is 1.12 bits per heavy atom. The third-order valence-electron chi connectivity index (χ3n) is 6.20. The van der Waals surface area contributed by atoms with Crippen LogP contribution in [0.15, 0.2) is 18.2 Å². The van der Waals surface area contributed by atoms with E-state index < -0.39 is 5.54 Å². The van der Waals surface area contributed by atoms with Gasteiger partial charge in [0.25, 0.3) is 11.8 Å².